The molecular formula is C13H25N5O. The second kappa shape index (κ2) is 5.88. The van der Waals surface area contributed by atoms with E-state index in [4.69, 9.17) is 10.5 Å². The molecule has 108 valence electrons. The number of nitrogens with one attached hydrogen (secondary N) is 1. The molecule has 0 saturated carbocycles. The van der Waals surface area contributed by atoms with Crippen LogP contribution in [0, 0.1) is 5.92 Å². The maximum atomic E-state index is 5.71. The Morgan fingerprint density at radius 3 is 2.68 bits per heavy atom. The van der Waals surface area contributed by atoms with E-state index < -0.39 is 0 Å². The summed E-state index contributed by atoms with van der Waals surface area (Å²) in [6.07, 6.45) is 2.99. The van der Waals surface area contributed by atoms with Crippen LogP contribution in [0.1, 0.15) is 32.5 Å². The van der Waals surface area contributed by atoms with Gasteiger partial charge in [0.2, 0.25) is 5.95 Å². The van der Waals surface area contributed by atoms with Gasteiger partial charge in [-0.1, -0.05) is 0 Å². The van der Waals surface area contributed by atoms with Gasteiger partial charge in [-0.05, 0) is 39.2 Å². The summed E-state index contributed by atoms with van der Waals surface area (Å²) in [5, 5.41) is 7.32. The lowest BCUT2D eigenvalue weighted by atomic mass is 9.97. The van der Waals surface area contributed by atoms with Crippen LogP contribution < -0.4 is 10.6 Å². The van der Waals surface area contributed by atoms with E-state index in [1.807, 2.05) is 13.8 Å². The molecule has 0 aliphatic carbocycles. The Morgan fingerprint density at radius 1 is 1.42 bits per heavy atom. The first-order valence-corrected chi connectivity index (χ1v) is 6.95. The van der Waals surface area contributed by atoms with Crippen LogP contribution in [0.4, 0.5) is 5.95 Å². The van der Waals surface area contributed by atoms with Gasteiger partial charge in [-0.25, -0.2) is 0 Å². The van der Waals surface area contributed by atoms with E-state index in [1.54, 1.807) is 7.11 Å². The van der Waals surface area contributed by atoms with Crippen molar-refractivity contribution in [1.29, 1.82) is 0 Å². The standard InChI is InChI=1S/C13H25N5O/c1-13(2,19-3)8-11-15-12(17-16-11)18-6-4-10(9-14)5-7-18/h10H,4-9,14H2,1-3H3,(H,15,16,17). The highest BCUT2D eigenvalue weighted by Crippen LogP contribution is 2.21. The number of hydrogen-bond acceptors (Lipinski definition) is 5. The SMILES string of the molecule is COC(C)(C)Cc1nc(N2CCC(CN)CC2)n[nH]1. The zero-order chi connectivity index (χ0) is 13.9. The summed E-state index contributed by atoms with van der Waals surface area (Å²) in [6.45, 7) is 6.86. The van der Waals surface area contributed by atoms with Gasteiger partial charge in [-0.2, -0.15) is 4.98 Å². The molecule has 0 spiro atoms. The Labute approximate surface area is 114 Å². The molecule has 2 heterocycles. The van der Waals surface area contributed by atoms with Crippen LogP contribution >= 0.6 is 0 Å². The topological polar surface area (TPSA) is 80.1 Å². The number of methoxy groups -OCH3 is 1. The fourth-order valence-electron chi connectivity index (χ4n) is 2.35. The number of ether oxygens (including phenoxy) is 1. The number of H-pyrrole nitrogens is 1. The molecule has 19 heavy (non-hydrogen) atoms. The average Bonchev–Trinajstić information content (AvgIpc) is 2.86. The van der Waals surface area contributed by atoms with E-state index in [-0.39, 0.29) is 5.60 Å². The highest BCUT2D eigenvalue weighted by Gasteiger charge is 2.23. The first kappa shape index (κ1) is 14.3. The van der Waals surface area contributed by atoms with Crippen LogP contribution in [-0.4, -0.2) is 47.5 Å². The van der Waals surface area contributed by atoms with Crippen molar-refractivity contribution < 1.29 is 4.74 Å². The molecule has 1 saturated heterocycles. The number of aromatic nitrogens is 3. The van der Waals surface area contributed by atoms with Crippen LogP contribution in [0.3, 0.4) is 0 Å². The molecular weight excluding hydrogens is 242 g/mol. The predicted molar refractivity (Wildman–Crippen MR) is 75.2 cm³/mol. The summed E-state index contributed by atoms with van der Waals surface area (Å²) in [6, 6.07) is 0. The number of hydrogen-bond donors (Lipinski definition) is 2. The maximum Gasteiger partial charge on any atom is 0.244 e. The second-order valence-electron chi connectivity index (χ2n) is 5.89. The van der Waals surface area contributed by atoms with Gasteiger partial charge in [-0.3, -0.25) is 5.10 Å². The van der Waals surface area contributed by atoms with Crippen LogP contribution in [0.25, 0.3) is 0 Å². The molecule has 0 atom stereocenters. The lowest BCUT2D eigenvalue weighted by Gasteiger charge is -2.30. The Kier molecular flexibility index (Phi) is 4.42. The van der Waals surface area contributed by atoms with Crippen LogP contribution in [-0.2, 0) is 11.2 Å². The summed E-state index contributed by atoms with van der Waals surface area (Å²) in [4.78, 5) is 6.79. The van der Waals surface area contributed by atoms with E-state index in [9.17, 15) is 0 Å². The minimum absolute atomic E-state index is 0.219. The normalized spacial score (nSPS) is 18.0. The van der Waals surface area contributed by atoms with Gasteiger partial charge in [0.15, 0.2) is 0 Å². The van der Waals surface area contributed by atoms with Gasteiger partial charge in [0, 0.05) is 26.6 Å². The fourth-order valence-corrected chi connectivity index (χ4v) is 2.35. The number of nitrogens with two attached hydrogens (primary N) is 1. The monoisotopic (exact) mass is 267 g/mol. The molecule has 6 heteroatoms. The third-order valence-corrected chi connectivity index (χ3v) is 3.90. The molecule has 2 rings (SSSR count). The Bertz CT molecular complexity index is 395. The quantitative estimate of drug-likeness (QED) is 0.830. The molecule has 1 aromatic heterocycles. The number of nitrogens with zero attached hydrogens (tertiary/aromatic N) is 3. The molecule has 0 amide bonds. The minimum Gasteiger partial charge on any atom is -0.378 e. The third-order valence-electron chi connectivity index (χ3n) is 3.90. The molecule has 0 aromatic carbocycles. The lowest BCUT2D eigenvalue weighted by Crippen LogP contribution is -2.36. The molecule has 0 bridgehead atoms. The van der Waals surface area contributed by atoms with Crippen LogP contribution in [0.5, 0.6) is 0 Å². The first-order chi connectivity index (χ1) is 9.04. The summed E-state index contributed by atoms with van der Waals surface area (Å²) in [5.41, 5.74) is 5.49. The molecule has 1 aliphatic heterocycles. The van der Waals surface area contributed by atoms with Crippen molar-refractivity contribution in [2.24, 2.45) is 11.7 Å². The van der Waals surface area contributed by atoms with Crippen molar-refractivity contribution in [3.8, 4) is 0 Å². The zero-order valence-electron chi connectivity index (χ0n) is 12.1. The second-order valence-corrected chi connectivity index (χ2v) is 5.89. The predicted octanol–water partition coefficient (Wildman–Crippen LogP) is 0.947. The molecule has 6 nitrogen and oxygen atoms in total. The van der Waals surface area contributed by atoms with Crippen molar-refractivity contribution in [2.45, 2.75) is 38.7 Å². The third kappa shape index (κ3) is 3.67. The fraction of sp³-hybridized carbons (Fsp3) is 0.846. The van der Waals surface area contributed by atoms with Crippen molar-refractivity contribution in [2.75, 3.05) is 31.6 Å². The largest absolute Gasteiger partial charge is 0.378 e. The van der Waals surface area contributed by atoms with E-state index in [0.29, 0.717) is 5.92 Å². The summed E-state index contributed by atoms with van der Waals surface area (Å²) >= 11 is 0. The van der Waals surface area contributed by atoms with Gasteiger partial charge < -0.3 is 15.4 Å². The smallest absolute Gasteiger partial charge is 0.244 e. The van der Waals surface area contributed by atoms with Crippen molar-refractivity contribution >= 4 is 5.95 Å². The lowest BCUT2D eigenvalue weighted by molar-refractivity contribution is 0.0216. The summed E-state index contributed by atoms with van der Waals surface area (Å²) in [7, 11) is 1.72. The first-order valence-electron chi connectivity index (χ1n) is 6.95. The summed E-state index contributed by atoms with van der Waals surface area (Å²) < 4.78 is 5.41. The Balaban J connectivity index is 1.94. The zero-order valence-corrected chi connectivity index (χ0v) is 12.1. The minimum atomic E-state index is -0.219. The molecule has 1 aromatic rings. The summed E-state index contributed by atoms with van der Waals surface area (Å²) in [5.74, 6) is 2.34. The number of piperidine rings is 1. The Hall–Kier alpha value is -1.14. The number of anilines is 1. The van der Waals surface area contributed by atoms with Gasteiger partial charge in [0.05, 0.1) is 5.60 Å². The molecule has 0 unspecified atom stereocenters. The molecule has 1 aliphatic rings. The van der Waals surface area contributed by atoms with Gasteiger partial charge in [-0.15, -0.1) is 5.10 Å². The van der Waals surface area contributed by atoms with Gasteiger partial charge in [0.25, 0.3) is 0 Å². The highest BCUT2D eigenvalue weighted by molar-refractivity contribution is 5.29. The van der Waals surface area contributed by atoms with E-state index in [2.05, 4.69) is 20.1 Å². The van der Waals surface area contributed by atoms with Crippen molar-refractivity contribution in [3.05, 3.63) is 5.82 Å². The van der Waals surface area contributed by atoms with Crippen LogP contribution in [0.15, 0.2) is 0 Å². The van der Waals surface area contributed by atoms with Gasteiger partial charge in [0.1, 0.15) is 5.82 Å². The average molecular weight is 267 g/mol. The molecule has 1 fully saturated rings. The molecule has 0 radical (unpaired) electrons. The van der Waals surface area contributed by atoms with E-state index >= 15 is 0 Å². The van der Waals surface area contributed by atoms with E-state index in [0.717, 1.165) is 50.7 Å². The Morgan fingerprint density at radius 2 is 2.11 bits per heavy atom. The van der Waals surface area contributed by atoms with Gasteiger partial charge >= 0.3 is 0 Å². The number of aromatic amines is 1. The van der Waals surface area contributed by atoms with Crippen molar-refractivity contribution in [3.63, 3.8) is 0 Å². The van der Waals surface area contributed by atoms with Crippen LogP contribution in [0.2, 0.25) is 0 Å². The maximum absolute atomic E-state index is 5.71. The number of rotatable bonds is 5. The van der Waals surface area contributed by atoms with Crippen molar-refractivity contribution in [1.82, 2.24) is 15.2 Å². The highest BCUT2D eigenvalue weighted by atomic mass is 16.5. The molecule has 3 N–H and O–H groups in total. The van der Waals surface area contributed by atoms with E-state index in [1.165, 1.54) is 0 Å².